The maximum atomic E-state index is 13.9. The molecular weight excluding hydrogens is 383 g/mol. The van der Waals surface area contributed by atoms with Crippen molar-refractivity contribution in [2.24, 2.45) is 5.92 Å². The Labute approximate surface area is 173 Å². The van der Waals surface area contributed by atoms with Crippen LogP contribution in [0.5, 0.6) is 0 Å². The third kappa shape index (κ3) is 3.92. The van der Waals surface area contributed by atoms with E-state index in [9.17, 15) is 14.4 Å². The molecule has 8 heteroatoms. The molecule has 3 heterocycles. The van der Waals surface area contributed by atoms with Crippen molar-refractivity contribution in [3.63, 3.8) is 0 Å². The number of piperidine rings is 1. The van der Waals surface area contributed by atoms with E-state index >= 15 is 0 Å². The van der Waals surface area contributed by atoms with Gasteiger partial charge in [0.2, 0.25) is 5.95 Å². The Balaban J connectivity index is 1.78. The molecule has 4 rings (SSSR count). The van der Waals surface area contributed by atoms with Crippen molar-refractivity contribution in [2.45, 2.75) is 19.8 Å². The number of aromatic nitrogens is 3. The van der Waals surface area contributed by atoms with Crippen LogP contribution in [0, 0.1) is 23.1 Å². The molecule has 0 bridgehead atoms. The first-order valence-electron chi connectivity index (χ1n) is 9.94. The van der Waals surface area contributed by atoms with Gasteiger partial charge in [0.25, 0.3) is 5.91 Å². The molecule has 0 unspecified atom stereocenters. The van der Waals surface area contributed by atoms with Gasteiger partial charge in [-0.15, -0.1) is 0 Å². The van der Waals surface area contributed by atoms with Crippen LogP contribution in [0.15, 0.2) is 36.7 Å². The molecular formula is C22H21FN6O. The number of amides is 1. The third-order valence-electron chi connectivity index (χ3n) is 5.18. The van der Waals surface area contributed by atoms with E-state index < -0.39 is 5.82 Å². The van der Waals surface area contributed by atoms with Gasteiger partial charge in [0, 0.05) is 49.0 Å². The molecule has 3 aromatic rings. The first-order valence-corrected chi connectivity index (χ1v) is 9.94. The zero-order valence-electron chi connectivity index (χ0n) is 16.6. The van der Waals surface area contributed by atoms with E-state index in [4.69, 9.17) is 0 Å². The van der Waals surface area contributed by atoms with E-state index in [-0.39, 0.29) is 11.8 Å². The number of benzene rings is 1. The molecule has 1 aliphatic heterocycles. The lowest BCUT2D eigenvalue weighted by molar-refractivity contribution is 0.0700. The van der Waals surface area contributed by atoms with E-state index in [1.54, 1.807) is 29.4 Å². The van der Waals surface area contributed by atoms with E-state index in [1.807, 2.05) is 6.92 Å². The lowest BCUT2D eigenvalue weighted by atomic mass is 9.98. The number of nitriles is 1. The molecule has 1 aromatic carbocycles. The maximum absolute atomic E-state index is 13.9. The Morgan fingerprint density at radius 3 is 2.87 bits per heavy atom. The normalized spacial score (nSPS) is 16.3. The van der Waals surface area contributed by atoms with Crippen LogP contribution >= 0.6 is 0 Å². The average molecular weight is 404 g/mol. The summed E-state index contributed by atoms with van der Waals surface area (Å²) in [7, 11) is 0. The Kier molecular flexibility index (Phi) is 5.53. The molecule has 1 saturated heterocycles. The number of nitrogens with one attached hydrogen (secondary N) is 1. The third-order valence-corrected chi connectivity index (χ3v) is 5.18. The quantitative estimate of drug-likeness (QED) is 0.713. The molecule has 0 saturated carbocycles. The van der Waals surface area contributed by atoms with Gasteiger partial charge in [0.05, 0.1) is 28.8 Å². The number of halogens is 1. The second kappa shape index (κ2) is 8.41. The van der Waals surface area contributed by atoms with Gasteiger partial charge in [0.1, 0.15) is 5.82 Å². The fraction of sp³-hybridized carbons (Fsp3) is 0.318. The molecule has 0 aliphatic carbocycles. The highest BCUT2D eigenvalue weighted by atomic mass is 19.1. The Morgan fingerprint density at radius 1 is 1.33 bits per heavy atom. The van der Waals surface area contributed by atoms with Crippen LogP contribution in [0.25, 0.3) is 22.2 Å². The standard InChI is InChI=1S/C22H21FN6O/c1-2-25-22-26-11-15(12-27-22)19-9-18(17-6-5-16(23)8-20(17)28-19)21(30)29-7-3-4-14(10-24)13-29/h5-6,8-9,11-12,14H,2-4,7,13H2,1H3,(H,25,26,27)/t14-/m0/s1. The number of pyridine rings is 1. The van der Waals surface area contributed by atoms with Crippen molar-refractivity contribution in [3.05, 3.63) is 48.0 Å². The first kappa shape index (κ1) is 19.7. The number of nitrogens with zero attached hydrogens (tertiary/aromatic N) is 5. The topological polar surface area (TPSA) is 94.8 Å². The molecule has 1 aliphatic rings. The fourth-order valence-electron chi connectivity index (χ4n) is 3.67. The van der Waals surface area contributed by atoms with Crippen molar-refractivity contribution in [1.82, 2.24) is 19.9 Å². The van der Waals surface area contributed by atoms with E-state index in [0.29, 0.717) is 53.3 Å². The van der Waals surface area contributed by atoms with Crippen LogP contribution in [-0.4, -0.2) is 45.4 Å². The first-order chi connectivity index (χ1) is 14.6. The minimum Gasteiger partial charge on any atom is -0.355 e. The van der Waals surface area contributed by atoms with Crippen LogP contribution in [0.1, 0.15) is 30.1 Å². The van der Waals surface area contributed by atoms with Crippen molar-refractivity contribution in [1.29, 1.82) is 5.26 Å². The highest BCUT2D eigenvalue weighted by Gasteiger charge is 2.26. The minimum atomic E-state index is -0.424. The highest BCUT2D eigenvalue weighted by Crippen LogP contribution is 2.27. The monoisotopic (exact) mass is 404 g/mol. The van der Waals surface area contributed by atoms with Gasteiger partial charge in [-0.3, -0.25) is 4.79 Å². The molecule has 0 spiro atoms. The van der Waals surface area contributed by atoms with Gasteiger partial charge in [-0.1, -0.05) is 0 Å². The molecule has 1 N–H and O–H groups in total. The average Bonchev–Trinajstić information content (AvgIpc) is 2.78. The van der Waals surface area contributed by atoms with E-state index in [2.05, 4.69) is 26.3 Å². The zero-order chi connectivity index (χ0) is 21.1. The minimum absolute atomic E-state index is 0.167. The van der Waals surface area contributed by atoms with Gasteiger partial charge in [-0.2, -0.15) is 5.26 Å². The summed E-state index contributed by atoms with van der Waals surface area (Å²) in [4.78, 5) is 28.1. The number of hydrogen-bond acceptors (Lipinski definition) is 6. The zero-order valence-corrected chi connectivity index (χ0v) is 16.6. The fourth-order valence-corrected chi connectivity index (χ4v) is 3.67. The summed E-state index contributed by atoms with van der Waals surface area (Å²) in [6, 6.07) is 8.17. The SMILES string of the molecule is CCNc1ncc(-c2cc(C(=O)N3CCC[C@@H](C#N)C3)c3ccc(F)cc3n2)cn1. The molecule has 1 atom stereocenters. The number of fused-ring (bicyclic) bond motifs is 1. The van der Waals surface area contributed by atoms with Crippen molar-refractivity contribution < 1.29 is 9.18 Å². The van der Waals surface area contributed by atoms with Crippen LogP contribution in [0.4, 0.5) is 10.3 Å². The molecule has 0 radical (unpaired) electrons. The summed E-state index contributed by atoms with van der Waals surface area (Å²) >= 11 is 0. The largest absolute Gasteiger partial charge is 0.355 e. The van der Waals surface area contributed by atoms with Crippen molar-refractivity contribution in [3.8, 4) is 17.3 Å². The summed E-state index contributed by atoms with van der Waals surface area (Å²) in [6.07, 6.45) is 4.83. The van der Waals surface area contributed by atoms with Gasteiger partial charge < -0.3 is 10.2 Å². The van der Waals surface area contributed by atoms with E-state index in [0.717, 1.165) is 12.8 Å². The van der Waals surface area contributed by atoms with E-state index in [1.165, 1.54) is 12.1 Å². The Morgan fingerprint density at radius 2 is 2.13 bits per heavy atom. The summed E-state index contributed by atoms with van der Waals surface area (Å²) < 4.78 is 13.9. The van der Waals surface area contributed by atoms with Crippen LogP contribution in [0.3, 0.4) is 0 Å². The van der Waals surface area contributed by atoms with Gasteiger partial charge >= 0.3 is 0 Å². The van der Waals surface area contributed by atoms with Gasteiger partial charge in [-0.05, 0) is 38.0 Å². The number of anilines is 1. The van der Waals surface area contributed by atoms with Crippen molar-refractivity contribution >= 4 is 22.8 Å². The number of carbonyl (C=O) groups is 1. The van der Waals surface area contributed by atoms with Crippen LogP contribution in [-0.2, 0) is 0 Å². The maximum Gasteiger partial charge on any atom is 0.254 e. The second-order valence-corrected chi connectivity index (χ2v) is 7.26. The summed E-state index contributed by atoms with van der Waals surface area (Å²) in [6.45, 7) is 3.64. The van der Waals surface area contributed by atoms with Gasteiger partial charge in [-0.25, -0.2) is 19.3 Å². The summed E-state index contributed by atoms with van der Waals surface area (Å²) in [5.74, 6) is -0.271. The lowest BCUT2D eigenvalue weighted by Crippen LogP contribution is -2.39. The predicted molar refractivity (Wildman–Crippen MR) is 111 cm³/mol. The smallest absolute Gasteiger partial charge is 0.254 e. The summed E-state index contributed by atoms with van der Waals surface area (Å²) in [5, 5.41) is 12.9. The number of rotatable bonds is 4. The molecule has 1 amide bonds. The number of likely N-dealkylation sites (tertiary alicyclic amines) is 1. The van der Waals surface area contributed by atoms with Crippen LogP contribution in [0.2, 0.25) is 0 Å². The van der Waals surface area contributed by atoms with Gasteiger partial charge in [0.15, 0.2) is 0 Å². The molecule has 152 valence electrons. The Bertz CT molecular complexity index is 1120. The molecule has 30 heavy (non-hydrogen) atoms. The molecule has 1 fully saturated rings. The lowest BCUT2D eigenvalue weighted by Gasteiger charge is -2.30. The molecule has 2 aromatic heterocycles. The predicted octanol–water partition coefficient (Wildman–Crippen LogP) is 3.64. The molecule has 7 nitrogen and oxygen atoms in total. The summed E-state index contributed by atoms with van der Waals surface area (Å²) in [5.41, 5.74) is 1.95. The van der Waals surface area contributed by atoms with Crippen LogP contribution < -0.4 is 5.32 Å². The Hall–Kier alpha value is -3.60. The second-order valence-electron chi connectivity index (χ2n) is 7.26. The highest BCUT2D eigenvalue weighted by molar-refractivity contribution is 6.07. The van der Waals surface area contributed by atoms with Crippen molar-refractivity contribution in [2.75, 3.05) is 25.0 Å². The number of hydrogen-bond donors (Lipinski definition) is 1. The number of carbonyl (C=O) groups excluding carboxylic acids is 1.